The van der Waals surface area contributed by atoms with E-state index in [2.05, 4.69) is 9.84 Å². The first-order valence-corrected chi connectivity index (χ1v) is 5.05. The molecule has 0 unspecified atom stereocenters. The molecule has 0 fully saturated rings. The second-order valence-electron chi connectivity index (χ2n) is 3.77. The molecule has 1 aliphatic rings. The van der Waals surface area contributed by atoms with E-state index >= 15 is 0 Å². The van der Waals surface area contributed by atoms with Crippen molar-refractivity contribution in [3.05, 3.63) is 34.9 Å². The second-order valence-corrected chi connectivity index (χ2v) is 3.77. The fraction of sp³-hybridized carbons (Fsp3) is 0.273. The Bertz CT molecular complexity index is 524. The average molecular weight is 258 g/mol. The minimum Gasteiger partial charge on any atom is -0.442 e. The molecule has 0 aromatic heterocycles. The highest BCUT2D eigenvalue weighted by Crippen LogP contribution is 2.32. The van der Waals surface area contributed by atoms with Crippen molar-refractivity contribution in [2.24, 2.45) is 5.10 Å². The fourth-order valence-corrected chi connectivity index (χ4v) is 1.57. The van der Waals surface area contributed by atoms with Gasteiger partial charge in [-0.15, -0.1) is 0 Å². The highest BCUT2D eigenvalue weighted by Gasteiger charge is 2.33. The van der Waals surface area contributed by atoms with Gasteiger partial charge in [-0.05, 0) is 18.6 Å². The molecule has 96 valence electrons. The summed E-state index contributed by atoms with van der Waals surface area (Å²) in [4.78, 5) is 10.7. The van der Waals surface area contributed by atoms with Gasteiger partial charge in [0.2, 0.25) is 0 Å². The van der Waals surface area contributed by atoms with Gasteiger partial charge >= 0.3 is 12.3 Å². The molecule has 0 saturated heterocycles. The maximum Gasteiger partial charge on any atom is 0.428 e. The Morgan fingerprint density at radius 2 is 2.11 bits per heavy atom. The van der Waals surface area contributed by atoms with Gasteiger partial charge in [0, 0.05) is 5.56 Å². The number of carbonyl (C=O) groups is 1. The molecule has 2 rings (SSSR count). The Balaban J connectivity index is 2.39. The zero-order valence-electron chi connectivity index (χ0n) is 9.34. The van der Waals surface area contributed by atoms with Gasteiger partial charge in [0.25, 0.3) is 0 Å². The minimum absolute atomic E-state index is 0.132. The number of rotatable bonds is 1. The van der Waals surface area contributed by atoms with E-state index in [-0.39, 0.29) is 23.4 Å². The predicted octanol–water partition coefficient (Wildman–Crippen LogP) is 2.46. The number of carbonyl (C=O) groups excluding carboxylic acids is 1. The van der Waals surface area contributed by atoms with Crippen LogP contribution in [0.15, 0.2) is 23.3 Å². The Hall–Kier alpha value is -2.05. The molecule has 1 N–H and O–H groups in total. The van der Waals surface area contributed by atoms with E-state index in [0.29, 0.717) is 0 Å². The summed E-state index contributed by atoms with van der Waals surface area (Å²) in [6.45, 7) is 1.24. The van der Waals surface area contributed by atoms with Crippen LogP contribution >= 0.6 is 0 Å². The van der Waals surface area contributed by atoms with E-state index < -0.39 is 17.8 Å². The Morgan fingerprint density at radius 3 is 2.67 bits per heavy atom. The molecule has 0 bridgehead atoms. The van der Waals surface area contributed by atoms with Crippen molar-refractivity contribution in [3.63, 3.8) is 0 Å². The number of aryl methyl sites for hydroxylation is 1. The number of alkyl halides is 3. The third kappa shape index (κ3) is 2.44. The average Bonchev–Trinajstić information content (AvgIpc) is 2.29. The first-order chi connectivity index (χ1) is 8.38. The summed E-state index contributed by atoms with van der Waals surface area (Å²) in [7, 11) is 0. The molecule has 0 atom stereocenters. The highest BCUT2D eigenvalue weighted by molar-refractivity contribution is 6.03. The van der Waals surface area contributed by atoms with Crippen LogP contribution in [0.25, 0.3) is 0 Å². The molecule has 1 aromatic carbocycles. The van der Waals surface area contributed by atoms with Crippen LogP contribution in [0.5, 0.6) is 0 Å². The van der Waals surface area contributed by atoms with Crippen molar-refractivity contribution in [1.82, 2.24) is 5.43 Å². The van der Waals surface area contributed by atoms with E-state index in [4.69, 9.17) is 0 Å². The minimum atomic E-state index is -4.42. The quantitative estimate of drug-likeness (QED) is 0.841. The van der Waals surface area contributed by atoms with Crippen LogP contribution in [0, 0.1) is 6.92 Å². The molecule has 0 spiro atoms. The zero-order chi connectivity index (χ0) is 13.3. The number of nitrogens with zero attached hydrogens (tertiary/aromatic N) is 1. The molecule has 0 radical (unpaired) electrons. The predicted molar refractivity (Wildman–Crippen MR) is 57.2 cm³/mol. The van der Waals surface area contributed by atoms with Gasteiger partial charge in [0.15, 0.2) is 0 Å². The number of hydrogen-bond acceptors (Lipinski definition) is 3. The first-order valence-electron chi connectivity index (χ1n) is 5.05. The number of cyclic esters (lactones) is 1. The van der Waals surface area contributed by atoms with Gasteiger partial charge in [0.05, 0.1) is 5.56 Å². The van der Waals surface area contributed by atoms with E-state index in [9.17, 15) is 18.0 Å². The Kier molecular flexibility index (Phi) is 2.98. The summed E-state index contributed by atoms with van der Waals surface area (Å²) in [6, 6.07) is 3.86. The summed E-state index contributed by atoms with van der Waals surface area (Å²) < 4.78 is 42.8. The first kappa shape index (κ1) is 12.4. The summed E-state index contributed by atoms with van der Waals surface area (Å²) >= 11 is 0. The summed E-state index contributed by atoms with van der Waals surface area (Å²) in [6.07, 6.45) is -5.14. The van der Waals surface area contributed by atoms with Crippen LogP contribution in [0.3, 0.4) is 0 Å². The van der Waals surface area contributed by atoms with Crippen LogP contribution in [-0.4, -0.2) is 18.4 Å². The highest BCUT2D eigenvalue weighted by atomic mass is 19.4. The van der Waals surface area contributed by atoms with Crippen molar-refractivity contribution in [3.8, 4) is 0 Å². The van der Waals surface area contributed by atoms with Crippen LogP contribution < -0.4 is 5.43 Å². The number of nitrogens with one attached hydrogen (secondary N) is 1. The third-order valence-corrected chi connectivity index (χ3v) is 2.50. The molecule has 18 heavy (non-hydrogen) atoms. The molecule has 1 heterocycles. The van der Waals surface area contributed by atoms with Crippen molar-refractivity contribution in [1.29, 1.82) is 0 Å². The van der Waals surface area contributed by atoms with Crippen molar-refractivity contribution in [2.45, 2.75) is 13.1 Å². The number of hydrogen-bond donors (Lipinski definition) is 1. The lowest BCUT2D eigenvalue weighted by molar-refractivity contribution is -0.138. The molecule has 0 saturated carbocycles. The van der Waals surface area contributed by atoms with Crippen LogP contribution in [0.2, 0.25) is 0 Å². The lowest BCUT2D eigenvalue weighted by Gasteiger charge is -2.16. The molecule has 7 heteroatoms. The molecule has 0 aliphatic carbocycles. The van der Waals surface area contributed by atoms with Crippen molar-refractivity contribution >= 4 is 11.8 Å². The second kappa shape index (κ2) is 4.32. The summed E-state index contributed by atoms with van der Waals surface area (Å²) in [5.41, 5.74) is 1.98. The third-order valence-electron chi connectivity index (χ3n) is 2.50. The Labute approximate surface area is 100 Å². The molecular formula is C11H9F3N2O2. The standard InChI is InChI=1S/C11H9F3N2O2/c1-6-2-3-7(4-8(6)11(12,13)14)9-5-18-10(17)16-15-9/h2-4H,5H2,1H3,(H,16,17). The topological polar surface area (TPSA) is 50.7 Å². The lowest BCUT2D eigenvalue weighted by Crippen LogP contribution is -2.30. The molecule has 1 aliphatic heterocycles. The van der Waals surface area contributed by atoms with E-state index in [0.717, 1.165) is 6.07 Å². The van der Waals surface area contributed by atoms with Gasteiger partial charge in [-0.2, -0.15) is 18.3 Å². The SMILES string of the molecule is Cc1ccc(C2=NNC(=O)OC2)cc1C(F)(F)F. The van der Waals surface area contributed by atoms with Gasteiger partial charge < -0.3 is 4.74 Å². The number of halogens is 3. The summed E-state index contributed by atoms with van der Waals surface area (Å²) in [5.74, 6) is 0. The molecule has 4 nitrogen and oxygen atoms in total. The molecular weight excluding hydrogens is 249 g/mol. The van der Waals surface area contributed by atoms with E-state index in [1.807, 2.05) is 5.43 Å². The molecule has 1 amide bonds. The maximum atomic E-state index is 12.7. The molecule has 1 aromatic rings. The van der Waals surface area contributed by atoms with Gasteiger partial charge in [-0.3, -0.25) is 0 Å². The van der Waals surface area contributed by atoms with Crippen LogP contribution in [0.4, 0.5) is 18.0 Å². The van der Waals surface area contributed by atoms with Crippen molar-refractivity contribution in [2.75, 3.05) is 6.61 Å². The Morgan fingerprint density at radius 1 is 1.39 bits per heavy atom. The maximum absolute atomic E-state index is 12.7. The van der Waals surface area contributed by atoms with E-state index in [1.165, 1.54) is 19.1 Å². The van der Waals surface area contributed by atoms with Crippen LogP contribution in [0.1, 0.15) is 16.7 Å². The number of ether oxygens (including phenoxy) is 1. The van der Waals surface area contributed by atoms with E-state index in [1.54, 1.807) is 0 Å². The van der Waals surface area contributed by atoms with Crippen molar-refractivity contribution < 1.29 is 22.7 Å². The fourth-order valence-electron chi connectivity index (χ4n) is 1.57. The zero-order valence-corrected chi connectivity index (χ0v) is 9.34. The number of hydrazone groups is 1. The van der Waals surface area contributed by atoms with Gasteiger partial charge in [-0.25, -0.2) is 10.2 Å². The van der Waals surface area contributed by atoms with Gasteiger partial charge in [0.1, 0.15) is 12.3 Å². The number of amides is 1. The monoisotopic (exact) mass is 258 g/mol. The van der Waals surface area contributed by atoms with Gasteiger partial charge in [-0.1, -0.05) is 12.1 Å². The normalized spacial score (nSPS) is 15.8. The van der Waals surface area contributed by atoms with Crippen LogP contribution in [-0.2, 0) is 10.9 Å². The summed E-state index contributed by atoms with van der Waals surface area (Å²) in [5, 5.41) is 3.66. The lowest BCUT2D eigenvalue weighted by atomic mass is 10.0. The largest absolute Gasteiger partial charge is 0.442 e. The number of benzene rings is 1. The smallest absolute Gasteiger partial charge is 0.428 e.